The van der Waals surface area contributed by atoms with Crippen LogP contribution in [0.3, 0.4) is 0 Å². The van der Waals surface area contributed by atoms with Gasteiger partial charge in [0.15, 0.2) is 0 Å². The van der Waals surface area contributed by atoms with Gasteiger partial charge in [0, 0.05) is 18.2 Å². The molecule has 1 aliphatic heterocycles. The van der Waals surface area contributed by atoms with Gasteiger partial charge in [0.1, 0.15) is 0 Å². The highest BCUT2D eigenvalue weighted by Gasteiger charge is 2.14. The van der Waals surface area contributed by atoms with Crippen LogP contribution in [0.2, 0.25) is 0 Å². The molecule has 0 radical (unpaired) electrons. The van der Waals surface area contributed by atoms with Gasteiger partial charge in [0.25, 0.3) is 0 Å². The Kier molecular flexibility index (Phi) is 7.00. The van der Waals surface area contributed by atoms with Crippen LogP contribution >= 0.6 is 11.3 Å². The number of carbonyl (C=O) groups excluding carboxylic acids is 1. The van der Waals surface area contributed by atoms with E-state index >= 15 is 0 Å². The van der Waals surface area contributed by atoms with Crippen LogP contribution in [-0.4, -0.2) is 24.0 Å². The molecule has 0 aliphatic carbocycles. The highest BCUT2D eigenvalue weighted by atomic mass is 32.1. The maximum atomic E-state index is 12.0. The van der Waals surface area contributed by atoms with Gasteiger partial charge in [-0.2, -0.15) is 0 Å². The van der Waals surface area contributed by atoms with Crippen LogP contribution in [0.4, 0.5) is 0 Å². The predicted molar refractivity (Wildman–Crippen MR) is 103 cm³/mol. The summed E-state index contributed by atoms with van der Waals surface area (Å²) in [7, 11) is 0. The summed E-state index contributed by atoms with van der Waals surface area (Å²) in [5.41, 5.74) is 2.31. The second-order valence-corrected chi connectivity index (χ2v) is 7.67. The lowest BCUT2D eigenvalue weighted by atomic mass is 9.93. The summed E-state index contributed by atoms with van der Waals surface area (Å²) in [5.74, 6) is 0.855. The Morgan fingerprint density at radius 1 is 1.20 bits per heavy atom. The molecule has 2 N–H and O–H groups in total. The maximum absolute atomic E-state index is 12.0. The van der Waals surface area contributed by atoms with Crippen molar-refractivity contribution in [3.05, 3.63) is 52.0 Å². The van der Waals surface area contributed by atoms with E-state index in [1.165, 1.54) is 18.4 Å². The lowest BCUT2D eigenvalue weighted by Crippen LogP contribution is -2.29. The Morgan fingerprint density at radius 3 is 2.80 bits per heavy atom. The molecule has 134 valence electrons. The van der Waals surface area contributed by atoms with Gasteiger partial charge in [-0.1, -0.05) is 30.3 Å². The van der Waals surface area contributed by atoms with E-state index in [1.54, 1.807) is 11.3 Å². The number of rotatable bonds is 8. The van der Waals surface area contributed by atoms with Gasteiger partial charge in [-0.15, -0.1) is 11.3 Å². The topological polar surface area (TPSA) is 54.0 Å². The number of hydrogen-bond donors (Lipinski definition) is 2. The van der Waals surface area contributed by atoms with Crippen molar-refractivity contribution in [2.45, 2.75) is 45.1 Å². The second kappa shape index (κ2) is 9.68. The number of thiazole rings is 1. The number of piperidine rings is 1. The number of nitrogens with one attached hydrogen (secondary N) is 2. The zero-order chi connectivity index (χ0) is 17.3. The molecule has 1 amide bonds. The first-order valence-electron chi connectivity index (χ1n) is 9.24. The Labute approximate surface area is 154 Å². The van der Waals surface area contributed by atoms with Crippen LogP contribution in [0.15, 0.2) is 35.7 Å². The quantitative estimate of drug-likeness (QED) is 0.762. The van der Waals surface area contributed by atoms with E-state index < -0.39 is 0 Å². The molecular formula is C20H27N3OS. The molecule has 0 saturated carbocycles. The molecule has 0 unspecified atom stereocenters. The largest absolute Gasteiger partial charge is 0.350 e. The Morgan fingerprint density at radius 2 is 2.00 bits per heavy atom. The van der Waals surface area contributed by atoms with Gasteiger partial charge < -0.3 is 10.6 Å². The standard InChI is InChI=1S/C20H27N3OS/c24-19(8-6-17-10-12-21-13-11-17)22-14-18-15-25-20(23-18)9-7-16-4-2-1-3-5-16/h1-5,15,17,21H,6-14H2,(H,22,24). The van der Waals surface area contributed by atoms with Crippen molar-refractivity contribution in [2.24, 2.45) is 5.92 Å². The summed E-state index contributed by atoms with van der Waals surface area (Å²) in [4.78, 5) is 16.7. The third-order valence-corrected chi connectivity index (χ3v) is 5.73. The molecule has 0 bridgehead atoms. The van der Waals surface area contributed by atoms with E-state index in [0.29, 0.717) is 18.9 Å². The van der Waals surface area contributed by atoms with Crippen molar-refractivity contribution in [1.29, 1.82) is 0 Å². The van der Waals surface area contributed by atoms with Crippen molar-refractivity contribution in [3.63, 3.8) is 0 Å². The van der Waals surface area contributed by atoms with Gasteiger partial charge in [-0.3, -0.25) is 4.79 Å². The van der Waals surface area contributed by atoms with Crippen molar-refractivity contribution in [2.75, 3.05) is 13.1 Å². The van der Waals surface area contributed by atoms with Crippen LogP contribution in [-0.2, 0) is 24.2 Å². The van der Waals surface area contributed by atoms with E-state index in [2.05, 4.69) is 45.3 Å². The van der Waals surface area contributed by atoms with Crippen molar-refractivity contribution in [1.82, 2.24) is 15.6 Å². The number of nitrogens with zero attached hydrogens (tertiary/aromatic N) is 1. The molecular weight excluding hydrogens is 330 g/mol. The van der Waals surface area contributed by atoms with Crippen LogP contribution in [0, 0.1) is 5.92 Å². The minimum absolute atomic E-state index is 0.150. The van der Waals surface area contributed by atoms with Gasteiger partial charge in [0.2, 0.25) is 5.91 Å². The Balaban J connectivity index is 1.35. The third kappa shape index (κ3) is 6.25. The normalized spacial score (nSPS) is 15.2. The van der Waals surface area contributed by atoms with Crippen molar-refractivity contribution < 1.29 is 4.79 Å². The third-order valence-electron chi connectivity index (χ3n) is 4.77. The summed E-state index contributed by atoms with van der Waals surface area (Å²) in [6, 6.07) is 10.5. The fraction of sp³-hybridized carbons (Fsp3) is 0.500. The van der Waals surface area contributed by atoms with Gasteiger partial charge in [-0.25, -0.2) is 4.98 Å². The number of aromatic nitrogens is 1. The van der Waals surface area contributed by atoms with Crippen molar-refractivity contribution >= 4 is 17.2 Å². The van der Waals surface area contributed by atoms with Crippen LogP contribution in [0.25, 0.3) is 0 Å². The average molecular weight is 358 g/mol. The molecule has 2 aromatic rings. The van der Waals surface area contributed by atoms with Crippen molar-refractivity contribution in [3.8, 4) is 0 Å². The fourth-order valence-corrected chi connectivity index (χ4v) is 4.02. The maximum Gasteiger partial charge on any atom is 0.220 e. The van der Waals surface area contributed by atoms with Crippen LogP contribution < -0.4 is 10.6 Å². The van der Waals surface area contributed by atoms with Gasteiger partial charge >= 0.3 is 0 Å². The monoisotopic (exact) mass is 357 g/mol. The highest BCUT2D eigenvalue weighted by molar-refractivity contribution is 7.09. The number of benzene rings is 1. The summed E-state index contributed by atoms with van der Waals surface area (Å²) in [5, 5.41) is 9.58. The molecule has 1 aromatic heterocycles. The minimum atomic E-state index is 0.150. The number of carbonyl (C=O) groups is 1. The average Bonchev–Trinajstić information content (AvgIpc) is 3.13. The molecule has 1 saturated heterocycles. The summed E-state index contributed by atoms with van der Waals surface area (Å²) < 4.78 is 0. The zero-order valence-electron chi connectivity index (χ0n) is 14.7. The number of amides is 1. The lowest BCUT2D eigenvalue weighted by Gasteiger charge is -2.22. The van der Waals surface area contributed by atoms with Gasteiger partial charge in [0.05, 0.1) is 17.2 Å². The molecule has 0 spiro atoms. The first-order chi connectivity index (χ1) is 12.3. The molecule has 4 nitrogen and oxygen atoms in total. The lowest BCUT2D eigenvalue weighted by molar-refractivity contribution is -0.121. The van der Waals surface area contributed by atoms with E-state index in [0.717, 1.165) is 43.1 Å². The predicted octanol–water partition coefficient (Wildman–Crippen LogP) is 3.32. The highest BCUT2D eigenvalue weighted by Crippen LogP contribution is 2.17. The second-order valence-electron chi connectivity index (χ2n) is 6.73. The van der Waals surface area contributed by atoms with E-state index in [9.17, 15) is 4.79 Å². The molecule has 25 heavy (non-hydrogen) atoms. The zero-order valence-corrected chi connectivity index (χ0v) is 15.5. The molecule has 1 aromatic carbocycles. The first-order valence-corrected chi connectivity index (χ1v) is 10.1. The minimum Gasteiger partial charge on any atom is -0.350 e. The molecule has 1 fully saturated rings. The van der Waals surface area contributed by atoms with E-state index in [4.69, 9.17) is 0 Å². The first kappa shape index (κ1) is 18.1. The van der Waals surface area contributed by atoms with Gasteiger partial charge in [-0.05, 0) is 50.3 Å². The SMILES string of the molecule is O=C(CCC1CCNCC1)NCc1csc(CCc2ccccc2)n1. The molecule has 5 heteroatoms. The Bertz CT molecular complexity index is 650. The molecule has 0 atom stereocenters. The fourth-order valence-electron chi connectivity index (χ4n) is 3.22. The smallest absolute Gasteiger partial charge is 0.220 e. The molecule has 3 rings (SSSR count). The van der Waals surface area contributed by atoms with Crippen LogP contribution in [0.5, 0.6) is 0 Å². The summed E-state index contributed by atoms with van der Waals surface area (Å²) in [6.45, 7) is 2.74. The molecule has 1 aliphatic rings. The number of aryl methyl sites for hydroxylation is 2. The van der Waals surface area contributed by atoms with E-state index in [-0.39, 0.29) is 5.91 Å². The molecule has 2 heterocycles. The van der Waals surface area contributed by atoms with Crippen LogP contribution in [0.1, 0.15) is 41.9 Å². The Hall–Kier alpha value is -1.72. The summed E-state index contributed by atoms with van der Waals surface area (Å²) in [6.07, 6.45) is 6.01. The number of hydrogen-bond acceptors (Lipinski definition) is 4. The van der Waals surface area contributed by atoms with E-state index in [1.807, 2.05) is 6.07 Å². The summed E-state index contributed by atoms with van der Waals surface area (Å²) >= 11 is 1.69.